The average Bonchev–Trinajstić information content (AvgIpc) is 3.13. The van der Waals surface area contributed by atoms with Gasteiger partial charge in [0.1, 0.15) is 5.01 Å². The van der Waals surface area contributed by atoms with Crippen molar-refractivity contribution in [2.24, 2.45) is 5.92 Å². The van der Waals surface area contributed by atoms with E-state index in [4.69, 9.17) is 0 Å². The van der Waals surface area contributed by atoms with E-state index in [1.165, 1.54) is 25.7 Å². The second-order valence-corrected chi connectivity index (χ2v) is 9.47. The van der Waals surface area contributed by atoms with Gasteiger partial charge in [0.15, 0.2) is 15.7 Å². The zero-order valence-electron chi connectivity index (χ0n) is 11.7. The predicted octanol–water partition coefficient (Wildman–Crippen LogP) is 1.82. The third-order valence-electron chi connectivity index (χ3n) is 4.57. The normalized spacial score (nSPS) is 26.0. The van der Waals surface area contributed by atoms with Gasteiger partial charge in [0.05, 0.1) is 11.5 Å². The molecule has 1 aliphatic heterocycles. The van der Waals surface area contributed by atoms with E-state index < -0.39 is 9.84 Å². The number of aromatic nitrogens is 4. The summed E-state index contributed by atoms with van der Waals surface area (Å²) >= 11 is 1.55. The molecule has 0 amide bonds. The monoisotopic (exact) mass is 326 g/mol. The standard InChI is InChI=1S/C13H18N4O2S2/c18-21(19)6-5-9(8-21)7-11-16-17-12(10-3-1-2-4-10)14-15-13(17)20-11/h9-10H,1-8H2. The van der Waals surface area contributed by atoms with Crippen LogP contribution in [-0.4, -0.2) is 39.7 Å². The first-order chi connectivity index (χ1) is 10.1. The third-order valence-corrected chi connectivity index (χ3v) is 7.33. The molecule has 0 spiro atoms. The molecule has 114 valence electrons. The van der Waals surface area contributed by atoms with Gasteiger partial charge >= 0.3 is 0 Å². The number of hydrogen-bond donors (Lipinski definition) is 0. The molecule has 0 aromatic carbocycles. The van der Waals surface area contributed by atoms with Gasteiger partial charge < -0.3 is 0 Å². The van der Waals surface area contributed by atoms with Crippen LogP contribution in [0.5, 0.6) is 0 Å². The van der Waals surface area contributed by atoms with E-state index in [9.17, 15) is 8.42 Å². The highest BCUT2D eigenvalue weighted by Crippen LogP contribution is 2.34. The number of hydrogen-bond acceptors (Lipinski definition) is 6. The summed E-state index contributed by atoms with van der Waals surface area (Å²) in [5, 5.41) is 14.2. The zero-order chi connectivity index (χ0) is 14.4. The number of nitrogens with zero attached hydrogens (tertiary/aromatic N) is 4. The van der Waals surface area contributed by atoms with Crippen molar-refractivity contribution < 1.29 is 8.42 Å². The molecule has 3 heterocycles. The van der Waals surface area contributed by atoms with Gasteiger partial charge in [-0.1, -0.05) is 24.2 Å². The quantitative estimate of drug-likeness (QED) is 0.860. The second-order valence-electron chi connectivity index (χ2n) is 6.20. The van der Waals surface area contributed by atoms with Gasteiger partial charge in [-0.05, 0) is 25.2 Å². The molecule has 21 heavy (non-hydrogen) atoms. The molecule has 0 N–H and O–H groups in total. The minimum absolute atomic E-state index is 0.216. The summed E-state index contributed by atoms with van der Waals surface area (Å²) in [6.07, 6.45) is 6.38. The number of sulfone groups is 1. The van der Waals surface area contributed by atoms with Gasteiger partial charge in [-0.15, -0.1) is 10.2 Å². The topological polar surface area (TPSA) is 77.2 Å². The fourth-order valence-electron chi connectivity index (χ4n) is 3.47. The largest absolute Gasteiger partial charge is 0.234 e. The molecule has 4 rings (SSSR count). The smallest absolute Gasteiger partial charge is 0.229 e. The summed E-state index contributed by atoms with van der Waals surface area (Å²) in [5.41, 5.74) is 0. The van der Waals surface area contributed by atoms with Crippen LogP contribution in [0.2, 0.25) is 0 Å². The van der Waals surface area contributed by atoms with E-state index in [0.29, 0.717) is 17.4 Å². The van der Waals surface area contributed by atoms with E-state index in [1.807, 2.05) is 4.52 Å². The Balaban J connectivity index is 1.57. The Bertz CT molecular complexity index is 758. The van der Waals surface area contributed by atoms with Crippen LogP contribution in [0.25, 0.3) is 4.96 Å². The maximum Gasteiger partial charge on any atom is 0.234 e. The third kappa shape index (κ3) is 2.59. The highest BCUT2D eigenvalue weighted by atomic mass is 32.2. The van der Waals surface area contributed by atoms with E-state index in [1.54, 1.807) is 11.3 Å². The Morgan fingerprint density at radius 2 is 2.00 bits per heavy atom. The van der Waals surface area contributed by atoms with Crippen LogP contribution < -0.4 is 0 Å². The minimum atomic E-state index is -2.81. The fraction of sp³-hybridized carbons (Fsp3) is 0.769. The van der Waals surface area contributed by atoms with Gasteiger partial charge in [0.2, 0.25) is 4.96 Å². The highest BCUT2D eigenvalue weighted by molar-refractivity contribution is 7.91. The summed E-state index contributed by atoms with van der Waals surface area (Å²) in [6.45, 7) is 0. The molecule has 2 aromatic heterocycles. The van der Waals surface area contributed by atoms with E-state index in [2.05, 4.69) is 15.3 Å². The first-order valence-electron chi connectivity index (χ1n) is 7.52. The fourth-order valence-corrected chi connectivity index (χ4v) is 6.29. The maximum atomic E-state index is 11.5. The van der Waals surface area contributed by atoms with Crippen LogP contribution in [0.1, 0.15) is 48.9 Å². The van der Waals surface area contributed by atoms with Crippen LogP contribution >= 0.6 is 11.3 Å². The van der Waals surface area contributed by atoms with Crippen LogP contribution in [0.15, 0.2) is 0 Å². The van der Waals surface area contributed by atoms with Crippen molar-refractivity contribution in [1.82, 2.24) is 19.8 Å². The van der Waals surface area contributed by atoms with Crippen molar-refractivity contribution in [1.29, 1.82) is 0 Å². The molecule has 2 aliphatic rings. The Hall–Kier alpha value is -1.02. The first-order valence-corrected chi connectivity index (χ1v) is 10.2. The summed E-state index contributed by atoms with van der Waals surface area (Å²) in [5.74, 6) is 2.33. The molecule has 8 heteroatoms. The minimum Gasteiger partial charge on any atom is -0.229 e. The van der Waals surface area contributed by atoms with E-state index >= 15 is 0 Å². The van der Waals surface area contributed by atoms with Crippen molar-refractivity contribution in [3.05, 3.63) is 10.8 Å². The van der Waals surface area contributed by atoms with Crippen molar-refractivity contribution in [3.63, 3.8) is 0 Å². The van der Waals surface area contributed by atoms with Crippen molar-refractivity contribution in [2.45, 2.75) is 44.4 Å². The molecular formula is C13H18N4O2S2. The van der Waals surface area contributed by atoms with Gasteiger partial charge in [0.25, 0.3) is 0 Å². The summed E-state index contributed by atoms with van der Waals surface area (Å²) < 4.78 is 25.0. The molecule has 1 saturated heterocycles. The molecule has 1 atom stereocenters. The van der Waals surface area contributed by atoms with Crippen LogP contribution in [0, 0.1) is 5.92 Å². The average molecular weight is 326 g/mol. The van der Waals surface area contributed by atoms with Crippen molar-refractivity contribution >= 4 is 26.1 Å². The van der Waals surface area contributed by atoms with Crippen LogP contribution in [0.4, 0.5) is 0 Å². The Morgan fingerprint density at radius 3 is 2.71 bits per heavy atom. The predicted molar refractivity (Wildman–Crippen MR) is 80.3 cm³/mol. The Kier molecular flexibility index (Phi) is 3.25. The highest BCUT2D eigenvalue weighted by Gasteiger charge is 2.29. The lowest BCUT2D eigenvalue weighted by Crippen LogP contribution is -2.08. The van der Waals surface area contributed by atoms with Crippen LogP contribution in [-0.2, 0) is 16.3 Å². The van der Waals surface area contributed by atoms with E-state index in [0.717, 1.165) is 28.6 Å². The summed E-state index contributed by atoms with van der Waals surface area (Å²) in [4.78, 5) is 0.841. The number of fused-ring (bicyclic) bond motifs is 1. The molecule has 0 bridgehead atoms. The van der Waals surface area contributed by atoms with Crippen molar-refractivity contribution in [2.75, 3.05) is 11.5 Å². The first kappa shape index (κ1) is 13.6. The molecule has 1 saturated carbocycles. The summed E-state index contributed by atoms with van der Waals surface area (Å²) in [6, 6.07) is 0. The van der Waals surface area contributed by atoms with Gasteiger partial charge in [-0.2, -0.15) is 9.61 Å². The molecule has 6 nitrogen and oxygen atoms in total. The zero-order valence-corrected chi connectivity index (χ0v) is 13.4. The van der Waals surface area contributed by atoms with Gasteiger partial charge in [-0.25, -0.2) is 8.42 Å². The second kappa shape index (κ2) is 5.01. The lowest BCUT2D eigenvalue weighted by atomic mass is 10.1. The number of rotatable bonds is 3. The van der Waals surface area contributed by atoms with Crippen molar-refractivity contribution in [3.8, 4) is 0 Å². The lowest BCUT2D eigenvalue weighted by molar-refractivity contribution is 0.574. The van der Waals surface area contributed by atoms with Crippen LogP contribution in [0.3, 0.4) is 0 Å². The summed E-state index contributed by atoms with van der Waals surface area (Å²) in [7, 11) is -2.81. The Labute approximate surface area is 127 Å². The van der Waals surface area contributed by atoms with Gasteiger partial charge in [-0.3, -0.25) is 0 Å². The van der Waals surface area contributed by atoms with Gasteiger partial charge in [0, 0.05) is 12.3 Å². The molecular weight excluding hydrogens is 308 g/mol. The van der Waals surface area contributed by atoms with E-state index in [-0.39, 0.29) is 5.92 Å². The molecule has 2 fully saturated rings. The molecule has 1 unspecified atom stereocenters. The molecule has 2 aromatic rings. The SMILES string of the molecule is O=S1(=O)CCC(Cc2nn3c(C4CCCC4)nnc3s2)C1. The maximum absolute atomic E-state index is 11.5. The lowest BCUT2D eigenvalue weighted by Gasteiger charge is -2.04. The Morgan fingerprint density at radius 1 is 1.19 bits per heavy atom. The molecule has 1 aliphatic carbocycles. The molecule has 0 radical (unpaired) electrons.